The van der Waals surface area contributed by atoms with Gasteiger partial charge >= 0.3 is 5.97 Å². The molecule has 0 aliphatic rings. The Balaban J connectivity index is 1.88. The van der Waals surface area contributed by atoms with Gasteiger partial charge in [0.25, 0.3) is 0 Å². The molecule has 10 heteroatoms. The number of aryl methyl sites for hydroxylation is 1. The normalized spacial score (nSPS) is 12.4. The van der Waals surface area contributed by atoms with Crippen LogP contribution in [0, 0.1) is 13.8 Å². The van der Waals surface area contributed by atoms with Gasteiger partial charge in [0.15, 0.2) is 16.6 Å². The summed E-state index contributed by atoms with van der Waals surface area (Å²) >= 11 is 13.4. The number of carbonyl (C=O) groups is 2. The molecular formula is C18H18Cl2N4O3S. The third kappa shape index (κ3) is 3.76. The number of pyridine rings is 1. The van der Waals surface area contributed by atoms with E-state index in [1.54, 1.807) is 44.4 Å². The summed E-state index contributed by atoms with van der Waals surface area (Å²) < 4.78 is 6.73. The number of ketones is 1. The van der Waals surface area contributed by atoms with E-state index in [0.29, 0.717) is 43.4 Å². The van der Waals surface area contributed by atoms with Crippen molar-refractivity contribution in [3.05, 3.63) is 44.8 Å². The molecule has 1 atom stereocenters. The van der Waals surface area contributed by atoms with E-state index >= 15 is 0 Å². The highest BCUT2D eigenvalue weighted by molar-refractivity contribution is 8.00. The Morgan fingerprint density at radius 2 is 2.04 bits per heavy atom. The first kappa shape index (κ1) is 20.7. The lowest BCUT2D eigenvalue weighted by atomic mass is 10.1. The van der Waals surface area contributed by atoms with E-state index in [1.165, 1.54) is 11.8 Å². The molecule has 0 saturated heterocycles. The summed E-state index contributed by atoms with van der Waals surface area (Å²) in [5.41, 5.74) is 2.41. The second kappa shape index (κ2) is 8.14. The zero-order chi connectivity index (χ0) is 20.6. The van der Waals surface area contributed by atoms with Crippen LogP contribution < -0.4 is 0 Å². The average Bonchev–Trinajstić information content (AvgIpc) is 3.15. The van der Waals surface area contributed by atoms with Crippen molar-refractivity contribution in [3.63, 3.8) is 0 Å². The van der Waals surface area contributed by atoms with Crippen molar-refractivity contribution in [2.24, 2.45) is 0 Å². The molecule has 0 amide bonds. The predicted molar refractivity (Wildman–Crippen MR) is 109 cm³/mol. The molecule has 0 aromatic carbocycles. The van der Waals surface area contributed by atoms with Crippen LogP contribution in [0.5, 0.6) is 0 Å². The second-order valence-corrected chi connectivity index (χ2v) is 8.30. The van der Waals surface area contributed by atoms with Gasteiger partial charge in [0.05, 0.1) is 33.2 Å². The number of aromatic amines is 1. The van der Waals surface area contributed by atoms with E-state index in [4.69, 9.17) is 27.9 Å². The zero-order valence-electron chi connectivity index (χ0n) is 15.7. The molecule has 0 bridgehead atoms. The highest BCUT2D eigenvalue weighted by Crippen LogP contribution is 2.30. The summed E-state index contributed by atoms with van der Waals surface area (Å²) in [4.78, 5) is 28.2. The number of thioether (sulfide) groups is 1. The van der Waals surface area contributed by atoms with Gasteiger partial charge in [-0.1, -0.05) is 35.0 Å². The van der Waals surface area contributed by atoms with Crippen molar-refractivity contribution >= 4 is 52.4 Å². The number of fused-ring (bicyclic) bond motifs is 1. The molecule has 1 N–H and O–H groups in total. The molecule has 0 aliphatic heterocycles. The summed E-state index contributed by atoms with van der Waals surface area (Å²) in [6.07, 6.45) is 1.64. The fraction of sp³-hybridized carbons (Fsp3) is 0.333. The Bertz CT molecular complexity index is 1080. The van der Waals surface area contributed by atoms with Gasteiger partial charge in [-0.3, -0.25) is 9.20 Å². The summed E-state index contributed by atoms with van der Waals surface area (Å²) in [6.45, 7) is 7.24. The first-order chi connectivity index (χ1) is 13.2. The van der Waals surface area contributed by atoms with Gasteiger partial charge in [0.2, 0.25) is 0 Å². The summed E-state index contributed by atoms with van der Waals surface area (Å²) in [7, 11) is 0. The Morgan fingerprint density at radius 1 is 1.32 bits per heavy atom. The lowest BCUT2D eigenvalue weighted by molar-refractivity contribution is 0.0525. The number of nitrogens with zero attached hydrogens (tertiary/aromatic N) is 3. The molecule has 3 aromatic heterocycles. The first-order valence-electron chi connectivity index (χ1n) is 8.51. The van der Waals surface area contributed by atoms with Gasteiger partial charge in [0, 0.05) is 11.9 Å². The molecule has 0 aliphatic carbocycles. The number of halogens is 2. The minimum absolute atomic E-state index is 0.161. The van der Waals surface area contributed by atoms with Crippen molar-refractivity contribution in [3.8, 4) is 0 Å². The van der Waals surface area contributed by atoms with Gasteiger partial charge in [-0.25, -0.2) is 4.79 Å². The van der Waals surface area contributed by atoms with Crippen LogP contribution in [0.4, 0.5) is 0 Å². The number of nitrogens with one attached hydrogen (secondary N) is 1. The number of hydrogen-bond acceptors (Lipinski definition) is 6. The SMILES string of the molecule is CCOC(=O)c1c(C)[nH]c(C(=O)[C@@H](C)Sc2nnc3c(Cl)cc(Cl)cn23)c1C. The van der Waals surface area contributed by atoms with Crippen LogP contribution in [0.2, 0.25) is 10.0 Å². The summed E-state index contributed by atoms with van der Waals surface area (Å²) in [6, 6.07) is 1.58. The molecule has 3 aromatic rings. The topological polar surface area (TPSA) is 89.4 Å². The molecule has 0 fully saturated rings. The van der Waals surface area contributed by atoms with E-state index < -0.39 is 11.2 Å². The fourth-order valence-electron chi connectivity index (χ4n) is 2.90. The Morgan fingerprint density at radius 3 is 2.71 bits per heavy atom. The first-order valence-corrected chi connectivity index (χ1v) is 10.1. The van der Waals surface area contributed by atoms with Crippen molar-refractivity contribution in [2.45, 2.75) is 38.1 Å². The van der Waals surface area contributed by atoms with Crippen molar-refractivity contribution in [2.75, 3.05) is 6.61 Å². The molecule has 148 valence electrons. The van der Waals surface area contributed by atoms with Gasteiger partial charge in [0.1, 0.15) is 0 Å². The lowest BCUT2D eigenvalue weighted by Gasteiger charge is -2.09. The van der Waals surface area contributed by atoms with E-state index in [0.717, 1.165) is 0 Å². The molecule has 0 saturated carbocycles. The zero-order valence-corrected chi connectivity index (χ0v) is 18.0. The predicted octanol–water partition coefficient (Wildman–Crippen LogP) is 4.52. The van der Waals surface area contributed by atoms with Crippen LogP contribution in [-0.2, 0) is 4.74 Å². The largest absolute Gasteiger partial charge is 0.462 e. The van der Waals surface area contributed by atoms with Crippen molar-refractivity contribution in [1.29, 1.82) is 0 Å². The van der Waals surface area contributed by atoms with E-state index in [2.05, 4.69) is 15.2 Å². The molecule has 0 radical (unpaired) electrons. The minimum Gasteiger partial charge on any atom is -0.462 e. The maximum absolute atomic E-state index is 13.0. The van der Waals surface area contributed by atoms with Crippen LogP contribution in [0.25, 0.3) is 5.65 Å². The number of Topliss-reactive ketones (excluding diaryl/α,β-unsaturated/α-hetero) is 1. The fourth-order valence-corrected chi connectivity index (χ4v) is 4.29. The van der Waals surface area contributed by atoms with Gasteiger partial charge in [-0.2, -0.15) is 0 Å². The van der Waals surface area contributed by atoms with Gasteiger partial charge in [-0.15, -0.1) is 10.2 Å². The highest BCUT2D eigenvalue weighted by atomic mass is 35.5. The van der Waals surface area contributed by atoms with Crippen LogP contribution in [0.15, 0.2) is 17.4 Å². The highest BCUT2D eigenvalue weighted by Gasteiger charge is 2.27. The number of carbonyl (C=O) groups excluding carboxylic acids is 2. The Kier molecular flexibility index (Phi) is 6.02. The van der Waals surface area contributed by atoms with E-state index in [-0.39, 0.29) is 12.4 Å². The standard InChI is InChI=1S/C18H18Cl2N4O3S/c1-5-27-17(26)13-8(2)14(21-9(13)3)15(25)10(4)28-18-23-22-16-12(20)6-11(19)7-24(16)18/h6-7,10,21H,5H2,1-4H3/t10-/m1/s1. The van der Waals surface area contributed by atoms with Crippen molar-refractivity contribution in [1.82, 2.24) is 19.6 Å². The monoisotopic (exact) mass is 440 g/mol. The Hall–Kier alpha value is -2.03. The number of esters is 1. The van der Waals surface area contributed by atoms with E-state index in [1.807, 2.05) is 0 Å². The Labute approximate surface area is 175 Å². The lowest BCUT2D eigenvalue weighted by Crippen LogP contribution is -2.16. The smallest absolute Gasteiger partial charge is 0.340 e. The summed E-state index contributed by atoms with van der Waals surface area (Å²) in [5.74, 6) is -0.605. The quantitative estimate of drug-likeness (QED) is 0.344. The number of ether oxygens (including phenoxy) is 1. The molecule has 0 spiro atoms. The molecule has 3 rings (SSSR count). The van der Waals surface area contributed by atoms with Crippen molar-refractivity contribution < 1.29 is 14.3 Å². The molecule has 3 heterocycles. The molecular weight excluding hydrogens is 423 g/mol. The number of rotatable bonds is 6. The maximum Gasteiger partial charge on any atom is 0.340 e. The third-order valence-corrected chi connectivity index (χ3v) is 5.75. The van der Waals surface area contributed by atoms with Gasteiger partial charge in [-0.05, 0) is 39.3 Å². The molecule has 0 unspecified atom stereocenters. The van der Waals surface area contributed by atoms with Crippen LogP contribution in [0.3, 0.4) is 0 Å². The maximum atomic E-state index is 13.0. The molecule has 28 heavy (non-hydrogen) atoms. The molecule has 7 nitrogen and oxygen atoms in total. The van der Waals surface area contributed by atoms with E-state index in [9.17, 15) is 9.59 Å². The number of hydrogen-bond donors (Lipinski definition) is 1. The minimum atomic E-state index is -0.489. The number of H-pyrrole nitrogens is 1. The second-order valence-electron chi connectivity index (χ2n) is 6.15. The van der Waals surface area contributed by atoms with Gasteiger partial charge < -0.3 is 9.72 Å². The third-order valence-electron chi connectivity index (χ3n) is 4.21. The van der Waals surface area contributed by atoms with Crippen LogP contribution in [-0.4, -0.2) is 43.2 Å². The average molecular weight is 441 g/mol. The van der Waals surface area contributed by atoms with Crippen LogP contribution >= 0.6 is 35.0 Å². The van der Waals surface area contributed by atoms with Crippen LogP contribution in [0.1, 0.15) is 46.0 Å². The summed E-state index contributed by atoms with van der Waals surface area (Å²) in [5, 5.41) is 8.97. The number of aromatic nitrogens is 4.